The number of imidazole rings is 1. The van der Waals surface area contributed by atoms with Crippen LogP contribution in [0.4, 0.5) is 5.13 Å². The number of aromatic nitrogens is 3. The van der Waals surface area contributed by atoms with Gasteiger partial charge < -0.3 is 19.0 Å². The molecule has 3 aromatic heterocycles. The zero-order chi connectivity index (χ0) is 29.5. The number of fused-ring (bicyclic) bond motifs is 2. The maximum atomic E-state index is 13.7. The first kappa shape index (κ1) is 27.2. The number of ether oxygens (including phenoxy) is 2. The summed E-state index contributed by atoms with van der Waals surface area (Å²) in [7, 11) is 0. The van der Waals surface area contributed by atoms with Crippen molar-refractivity contribution < 1.29 is 24.2 Å². The van der Waals surface area contributed by atoms with Gasteiger partial charge in [0.15, 0.2) is 10.9 Å². The molecule has 212 valence electrons. The zero-order valence-electron chi connectivity index (χ0n) is 23.3. The number of Topliss-reactive ketones (excluding diaryl/α,β-unsaturated/α-hetero) is 1. The molecule has 5 aromatic rings. The fourth-order valence-corrected chi connectivity index (χ4v) is 6.19. The van der Waals surface area contributed by atoms with Crippen molar-refractivity contribution in [1.29, 1.82) is 0 Å². The molecule has 0 bridgehead atoms. The van der Waals surface area contributed by atoms with Gasteiger partial charge in [-0.2, -0.15) is 0 Å². The molecule has 1 atom stereocenters. The lowest BCUT2D eigenvalue weighted by atomic mass is 9.96. The monoisotopic (exact) mass is 580 g/mol. The van der Waals surface area contributed by atoms with Gasteiger partial charge in [-0.05, 0) is 68.3 Å². The normalized spacial score (nSPS) is 16.5. The quantitative estimate of drug-likeness (QED) is 0.102. The fraction of sp³-hybridized carbons (Fsp3) is 0.188. The fourth-order valence-electron chi connectivity index (χ4n) is 5.17. The number of aliphatic hydroxyl groups is 1. The number of anilines is 1. The molecule has 1 unspecified atom stereocenters. The molecule has 1 aliphatic rings. The number of pyridine rings is 1. The lowest BCUT2D eigenvalue weighted by Crippen LogP contribution is -2.29. The van der Waals surface area contributed by atoms with Gasteiger partial charge in [0.25, 0.3) is 5.78 Å². The highest BCUT2D eigenvalue weighted by molar-refractivity contribution is 7.22. The second-order valence-electron chi connectivity index (χ2n) is 9.83. The summed E-state index contributed by atoms with van der Waals surface area (Å²) in [4.78, 5) is 38.2. The highest BCUT2D eigenvalue weighted by atomic mass is 32.1. The second kappa shape index (κ2) is 10.8. The van der Waals surface area contributed by atoms with Gasteiger partial charge in [0.2, 0.25) is 0 Å². The van der Waals surface area contributed by atoms with Gasteiger partial charge >= 0.3 is 5.91 Å². The predicted octanol–water partition coefficient (Wildman–Crippen LogP) is 6.15. The first-order valence-electron chi connectivity index (χ1n) is 13.4. The summed E-state index contributed by atoms with van der Waals surface area (Å²) >= 11 is 1.27. The van der Waals surface area contributed by atoms with Crippen LogP contribution in [0.2, 0.25) is 0 Å². The maximum Gasteiger partial charge on any atom is 0.301 e. The minimum Gasteiger partial charge on any atom is -0.505 e. The number of amides is 1. The molecule has 1 aliphatic heterocycles. The van der Waals surface area contributed by atoms with Crippen molar-refractivity contribution in [3.8, 4) is 11.5 Å². The van der Waals surface area contributed by atoms with Crippen LogP contribution in [0, 0.1) is 13.8 Å². The first-order chi connectivity index (χ1) is 20.3. The number of thiazole rings is 1. The molecule has 42 heavy (non-hydrogen) atoms. The van der Waals surface area contributed by atoms with E-state index in [0.717, 1.165) is 10.3 Å². The van der Waals surface area contributed by atoms with E-state index in [4.69, 9.17) is 14.5 Å². The Labute approximate surface area is 246 Å². The van der Waals surface area contributed by atoms with Crippen molar-refractivity contribution in [2.24, 2.45) is 0 Å². The van der Waals surface area contributed by atoms with Gasteiger partial charge in [0, 0.05) is 6.20 Å². The summed E-state index contributed by atoms with van der Waals surface area (Å²) in [5.41, 5.74) is 3.66. The Hall–Kier alpha value is -4.96. The Kier molecular flexibility index (Phi) is 6.99. The minimum absolute atomic E-state index is 0.0572. The largest absolute Gasteiger partial charge is 0.505 e. The molecule has 6 rings (SSSR count). The summed E-state index contributed by atoms with van der Waals surface area (Å²) in [6.07, 6.45) is 3.49. The van der Waals surface area contributed by atoms with Crippen LogP contribution in [0.25, 0.3) is 21.6 Å². The van der Waals surface area contributed by atoms with Crippen LogP contribution in [0.3, 0.4) is 0 Å². The van der Waals surface area contributed by atoms with E-state index < -0.39 is 17.7 Å². The Balaban J connectivity index is 1.53. The number of aliphatic hydroxyl groups excluding tert-OH is 1. The van der Waals surface area contributed by atoms with E-state index in [1.54, 1.807) is 30.3 Å². The number of rotatable bonds is 8. The summed E-state index contributed by atoms with van der Waals surface area (Å²) in [5, 5.41) is 12.1. The predicted molar refractivity (Wildman–Crippen MR) is 162 cm³/mol. The Bertz CT molecular complexity index is 1900. The number of hydrogen-bond donors (Lipinski definition) is 1. The number of carbonyl (C=O) groups is 2. The maximum absolute atomic E-state index is 13.7. The molecule has 1 saturated heterocycles. The SMILES string of the molecule is C=CCOc1ccc(C2C(=C(O)c3nc4c(C)cccn4c3C)C(=O)C(=O)N2c2nc3ccc(OCC)cc3s2)cc1. The highest BCUT2D eigenvalue weighted by Gasteiger charge is 2.48. The van der Waals surface area contributed by atoms with Gasteiger partial charge in [0.05, 0.1) is 34.1 Å². The summed E-state index contributed by atoms with van der Waals surface area (Å²) in [6.45, 7) is 10.2. The average Bonchev–Trinajstić information content (AvgIpc) is 3.64. The average molecular weight is 581 g/mol. The van der Waals surface area contributed by atoms with E-state index in [2.05, 4.69) is 11.6 Å². The molecule has 10 heteroatoms. The van der Waals surface area contributed by atoms with Crippen molar-refractivity contribution in [3.63, 3.8) is 0 Å². The molecule has 1 fully saturated rings. The number of hydrogen-bond acceptors (Lipinski definition) is 8. The zero-order valence-corrected chi connectivity index (χ0v) is 24.1. The number of nitrogens with zero attached hydrogens (tertiary/aromatic N) is 4. The van der Waals surface area contributed by atoms with E-state index in [9.17, 15) is 14.7 Å². The Morgan fingerprint density at radius 2 is 1.83 bits per heavy atom. The van der Waals surface area contributed by atoms with Crippen LogP contribution < -0.4 is 14.4 Å². The molecule has 2 aromatic carbocycles. The Morgan fingerprint density at radius 1 is 1.07 bits per heavy atom. The third-order valence-corrected chi connectivity index (χ3v) is 8.20. The topological polar surface area (TPSA) is 106 Å². The Morgan fingerprint density at radius 3 is 2.55 bits per heavy atom. The van der Waals surface area contributed by atoms with Crippen molar-refractivity contribution in [1.82, 2.24) is 14.4 Å². The molecule has 0 saturated carbocycles. The molecule has 4 heterocycles. The van der Waals surface area contributed by atoms with Gasteiger partial charge in [0.1, 0.15) is 29.4 Å². The molecule has 1 amide bonds. The number of benzene rings is 2. The standard InChI is InChI=1S/C32H28N4O5S/c1-5-16-41-21-11-9-20(10-12-21)27-25(28(37)26-19(4)35-15-7-8-18(3)30(35)34-26)29(38)31(39)36(27)32-33-23-14-13-22(40-6-2)17-24(23)42-32/h5,7-15,17,27,37H,1,6,16H2,2-4H3. The smallest absolute Gasteiger partial charge is 0.301 e. The molecule has 1 N–H and O–H groups in total. The van der Waals surface area contributed by atoms with E-state index in [0.29, 0.717) is 52.3 Å². The molecular formula is C32H28N4O5S. The van der Waals surface area contributed by atoms with Crippen molar-refractivity contribution in [3.05, 3.63) is 102 Å². The van der Waals surface area contributed by atoms with Crippen molar-refractivity contribution >= 4 is 49.8 Å². The lowest BCUT2D eigenvalue weighted by Gasteiger charge is -2.23. The molecule has 0 radical (unpaired) electrons. The van der Waals surface area contributed by atoms with Crippen LogP contribution in [-0.4, -0.2) is 44.4 Å². The van der Waals surface area contributed by atoms with Crippen LogP contribution in [0.15, 0.2) is 79.0 Å². The number of ketones is 1. The van der Waals surface area contributed by atoms with Crippen molar-refractivity contribution in [2.75, 3.05) is 18.1 Å². The number of carbonyl (C=O) groups excluding carboxylic acids is 2. The van der Waals surface area contributed by atoms with Gasteiger partial charge in [-0.3, -0.25) is 14.5 Å². The second-order valence-corrected chi connectivity index (χ2v) is 10.8. The van der Waals surface area contributed by atoms with Gasteiger partial charge in [-0.15, -0.1) is 0 Å². The third-order valence-electron chi connectivity index (χ3n) is 7.18. The van der Waals surface area contributed by atoms with Crippen LogP contribution in [0.5, 0.6) is 11.5 Å². The summed E-state index contributed by atoms with van der Waals surface area (Å²) < 4.78 is 13.9. The number of aryl methyl sites for hydroxylation is 2. The van der Waals surface area contributed by atoms with E-state index >= 15 is 0 Å². The van der Waals surface area contributed by atoms with Crippen LogP contribution in [0.1, 0.15) is 35.5 Å². The molecular weight excluding hydrogens is 552 g/mol. The van der Waals surface area contributed by atoms with Crippen LogP contribution in [-0.2, 0) is 9.59 Å². The van der Waals surface area contributed by atoms with E-state index in [-0.39, 0.29) is 17.0 Å². The van der Waals surface area contributed by atoms with Crippen LogP contribution >= 0.6 is 11.3 Å². The third kappa shape index (κ3) is 4.50. The highest BCUT2D eigenvalue weighted by Crippen LogP contribution is 2.45. The summed E-state index contributed by atoms with van der Waals surface area (Å²) in [5.74, 6) is -0.646. The van der Waals surface area contributed by atoms with Gasteiger partial charge in [-0.1, -0.05) is 42.2 Å². The molecule has 9 nitrogen and oxygen atoms in total. The van der Waals surface area contributed by atoms with Crippen molar-refractivity contribution in [2.45, 2.75) is 26.8 Å². The van der Waals surface area contributed by atoms with E-state index in [1.165, 1.54) is 16.2 Å². The molecule has 0 aliphatic carbocycles. The first-order valence-corrected chi connectivity index (χ1v) is 14.3. The molecule has 0 spiro atoms. The lowest BCUT2D eigenvalue weighted by molar-refractivity contribution is -0.132. The summed E-state index contributed by atoms with van der Waals surface area (Å²) in [6, 6.07) is 15.4. The minimum atomic E-state index is -0.948. The van der Waals surface area contributed by atoms with Gasteiger partial charge in [-0.25, -0.2) is 9.97 Å². The van der Waals surface area contributed by atoms with E-state index in [1.807, 2.05) is 61.7 Å².